The normalized spacial score (nSPS) is 28.1. The van der Waals surface area contributed by atoms with Crippen LogP contribution in [0.5, 0.6) is 0 Å². The van der Waals surface area contributed by atoms with E-state index in [0.717, 1.165) is 19.3 Å². The predicted octanol–water partition coefficient (Wildman–Crippen LogP) is 2.09. The minimum absolute atomic E-state index is 0.0842. The standard InChI is InChI=1S/C11H20BrNO2/c1-7(2)10(12)11(14)13-8-4-5-9(6-8)15-3/h7-10H,4-6H2,1-3H3,(H,13,14). The van der Waals surface area contributed by atoms with Crippen molar-refractivity contribution in [2.45, 2.75) is 50.1 Å². The van der Waals surface area contributed by atoms with Crippen molar-refractivity contribution in [3.63, 3.8) is 0 Å². The van der Waals surface area contributed by atoms with Crippen molar-refractivity contribution in [2.24, 2.45) is 5.92 Å². The summed E-state index contributed by atoms with van der Waals surface area (Å²) in [7, 11) is 1.73. The number of amides is 1. The monoisotopic (exact) mass is 277 g/mol. The third-order valence-corrected chi connectivity index (χ3v) is 4.37. The number of rotatable bonds is 4. The van der Waals surface area contributed by atoms with E-state index in [1.807, 2.05) is 13.8 Å². The summed E-state index contributed by atoms with van der Waals surface area (Å²) in [6, 6.07) is 0.293. The van der Waals surface area contributed by atoms with E-state index in [9.17, 15) is 4.79 Å². The highest BCUT2D eigenvalue weighted by atomic mass is 79.9. The van der Waals surface area contributed by atoms with E-state index in [1.54, 1.807) is 7.11 Å². The van der Waals surface area contributed by atoms with Crippen molar-refractivity contribution in [3.8, 4) is 0 Å². The van der Waals surface area contributed by atoms with Crippen LogP contribution in [-0.2, 0) is 9.53 Å². The molecule has 1 rings (SSSR count). The van der Waals surface area contributed by atoms with Crippen molar-refractivity contribution in [1.82, 2.24) is 5.32 Å². The molecule has 0 heterocycles. The molecule has 3 unspecified atom stereocenters. The zero-order valence-electron chi connectivity index (χ0n) is 9.63. The van der Waals surface area contributed by atoms with Gasteiger partial charge in [0, 0.05) is 13.2 Å². The topological polar surface area (TPSA) is 38.3 Å². The van der Waals surface area contributed by atoms with Crippen molar-refractivity contribution in [3.05, 3.63) is 0 Å². The van der Waals surface area contributed by atoms with Crippen molar-refractivity contribution in [1.29, 1.82) is 0 Å². The number of carbonyl (C=O) groups is 1. The first-order valence-electron chi connectivity index (χ1n) is 5.51. The number of alkyl halides is 1. The number of hydrogen-bond acceptors (Lipinski definition) is 2. The third kappa shape index (κ3) is 3.76. The molecule has 0 bridgehead atoms. The highest BCUT2D eigenvalue weighted by Gasteiger charge is 2.28. The van der Waals surface area contributed by atoms with Crippen LogP contribution in [0.3, 0.4) is 0 Å². The van der Waals surface area contributed by atoms with Gasteiger partial charge in [0.25, 0.3) is 0 Å². The molecule has 15 heavy (non-hydrogen) atoms. The lowest BCUT2D eigenvalue weighted by Crippen LogP contribution is -2.40. The van der Waals surface area contributed by atoms with Gasteiger partial charge in [0.1, 0.15) is 0 Å². The van der Waals surface area contributed by atoms with Crippen LogP contribution in [0.15, 0.2) is 0 Å². The molecule has 0 aromatic heterocycles. The van der Waals surface area contributed by atoms with Crippen molar-refractivity contribution < 1.29 is 9.53 Å². The van der Waals surface area contributed by atoms with Crippen molar-refractivity contribution in [2.75, 3.05) is 7.11 Å². The summed E-state index contributed by atoms with van der Waals surface area (Å²) in [6.45, 7) is 4.07. The summed E-state index contributed by atoms with van der Waals surface area (Å²) in [5, 5.41) is 3.06. The summed E-state index contributed by atoms with van der Waals surface area (Å²) < 4.78 is 5.27. The average Bonchev–Trinajstić information content (AvgIpc) is 2.64. The first kappa shape index (κ1) is 13.0. The molecular weight excluding hydrogens is 258 g/mol. The molecule has 4 heteroatoms. The van der Waals surface area contributed by atoms with Crippen LogP contribution in [0.2, 0.25) is 0 Å². The van der Waals surface area contributed by atoms with Crippen molar-refractivity contribution >= 4 is 21.8 Å². The van der Waals surface area contributed by atoms with Crippen LogP contribution < -0.4 is 5.32 Å². The summed E-state index contributed by atoms with van der Waals surface area (Å²) in [5.74, 6) is 0.427. The Balaban J connectivity index is 2.33. The molecule has 1 amide bonds. The summed E-state index contributed by atoms with van der Waals surface area (Å²) in [5.41, 5.74) is 0. The Morgan fingerprint density at radius 3 is 2.60 bits per heavy atom. The van der Waals surface area contributed by atoms with E-state index in [0.29, 0.717) is 18.1 Å². The number of methoxy groups -OCH3 is 1. The highest BCUT2D eigenvalue weighted by molar-refractivity contribution is 9.10. The average molecular weight is 278 g/mol. The Morgan fingerprint density at radius 2 is 2.13 bits per heavy atom. The molecule has 0 radical (unpaired) electrons. The van der Waals surface area contributed by atoms with Gasteiger partial charge in [0.2, 0.25) is 5.91 Å². The summed E-state index contributed by atoms with van der Waals surface area (Å²) in [6.07, 6.45) is 3.35. The number of halogens is 1. The fourth-order valence-electron chi connectivity index (χ4n) is 1.87. The number of hydrogen-bond donors (Lipinski definition) is 1. The van der Waals surface area contributed by atoms with Gasteiger partial charge in [0.05, 0.1) is 10.9 Å². The molecule has 1 aliphatic rings. The lowest BCUT2D eigenvalue weighted by Gasteiger charge is -2.18. The Labute approximate surface area is 100 Å². The van der Waals surface area contributed by atoms with Gasteiger partial charge >= 0.3 is 0 Å². The van der Waals surface area contributed by atoms with Gasteiger partial charge in [-0.2, -0.15) is 0 Å². The van der Waals surface area contributed by atoms with Gasteiger partial charge in [-0.25, -0.2) is 0 Å². The third-order valence-electron chi connectivity index (χ3n) is 2.90. The number of nitrogens with one attached hydrogen (secondary N) is 1. The zero-order chi connectivity index (χ0) is 11.4. The maximum absolute atomic E-state index is 11.7. The SMILES string of the molecule is COC1CCC(NC(=O)C(Br)C(C)C)C1. The Bertz CT molecular complexity index is 221. The molecule has 3 nitrogen and oxygen atoms in total. The second-order valence-electron chi connectivity index (χ2n) is 4.52. The van der Waals surface area contributed by atoms with E-state index < -0.39 is 0 Å². The number of ether oxygens (including phenoxy) is 1. The highest BCUT2D eigenvalue weighted by Crippen LogP contribution is 2.22. The molecule has 0 aromatic rings. The van der Waals surface area contributed by atoms with E-state index in [4.69, 9.17) is 4.74 Å². The molecule has 1 saturated carbocycles. The molecular formula is C11H20BrNO2. The minimum Gasteiger partial charge on any atom is -0.381 e. The fraction of sp³-hybridized carbons (Fsp3) is 0.909. The first-order valence-corrected chi connectivity index (χ1v) is 6.43. The molecule has 0 spiro atoms. The predicted molar refractivity (Wildman–Crippen MR) is 64.1 cm³/mol. The molecule has 1 fully saturated rings. The Morgan fingerprint density at radius 1 is 1.47 bits per heavy atom. The van der Waals surface area contributed by atoms with Gasteiger partial charge in [0.15, 0.2) is 0 Å². The number of carbonyl (C=O) groups excluding carboxylic acids is 1. The summed E-state index contributed by atoms with van der Waals surface area (Å²) in [4.78, 5) is 11.7. The van der Waals surface area contributed by atoms with E-state index in [1.165, 1.54) is 0 Å². The van der Waals surface area contributed by atoms with E-state index in [-0.39, 0.29) is 10.7 Å². The Hall–Kier alpha value is -0.0900. The van der Waals surface area contributed by atoms with Gasteiger partial charge < -0.3 is 10.1 Å². The van der Waals surface area contributed by atoms with E-state index >= 15 is 0 Å². The first-order chi connectivity index (χ1) is 7.04. The second-order valence-corrected chi connectivity index (χ2v) is 5.51. The van der Waals surface area contributed by atoms with E-state index in [2.05, 4.69) is 21.2 Å². The van der Waals surface area contributed by atoms with Gasteiger partial charge in [-0.1, -0.05) is 29.8 Å². The van der Waals surface area contributed by atoms with Gasteiger partial charge in [-0.05, 0) is 25.2 Å². The quantitative estimate of drug-likeness (QED) is 0.800. The second kappa shape index (κ2) is 5.85. The lowest BCUT2D eigenvalue weighted by molar-refractivity contribution is -0.121. The van der Waals surface area contributed by atoms with Gasteiger partial charge in [-0.3, -0.25) is 4.79 Å². The molecule has 88 valence electrons. The molecule has 0 saturated heterocycles. The molecule has 1 N–H and O–H groups in total. The zero-order valence-corrected chi connectivity index (χ0v) is 11.2. The maximum atomic E-state index is 11.7. The van der Waals surface area contributed by atoms with Crippen LogP contribution >= 0.6 is 15.9 Å². The van der Waals surface area contributed by atoms with Crippen LogP contribution in [0, 0.1) is 5.92 Å². The smallest absolute Gasteiger partial charge is 0.234 e. The molecule has 1 aliphatic carbocycles. The Kier molecular flexibility index (Phi) is 5.06. The fourth-order valence-corrected chi connectivity index (χ4v) is 2.00. The molecule has 3 atom stereocenters. The minimum atomic E-state index is -0.0842. The van der Waals surface area contributed by atoms with Crippen LogP contribution in [0.4, 0.5) is 0 Å². The summed E-state index contributed by atoms with van der Waals surface area (Å²) >= 11 is 3.40. The van der Waals surface area contributed by atoms with Crippen LogP contribution in [-0.4, -0.2) is 30.0 Å². The lowest BCUT2D eigenvalue weighted by atomic mass is 10.1. The molecule has 0 aliphatic heterocycles. The van der Waals surface area contributed by atoms with Crippen LogP contribution in [0.1, 0.15) is 33.1 Å². The largest absolute Gasteiger partial charge is 0.381 e. The molecule has 0 aromatic carbocycles. The maximum Gasteiger partial charge on any atom is 0.234 e. The van der Waals surface area contributed by atoms with Crippen LogP contribution in [0.25, 0.3) is 0 Å². The van der Waals surface area contributed by atoms with Gasteiger partial charge in [-0.15, -0.1) is 0 Å².